The van der Waals surface area contributed by atoms with Crippen LogP contribution in [0.4, 0.5) is 0 Å². The van der Waals surface area contributed by atoms with Gasteiger partial charge in [0.1, 0.15) is 0 Å². The van der Waals surface area contributed by atoms with Crippen molar-refractivity contribution >= 4 is 21.9 Å². The van der Waals surface area contributed by atoms with Gasteiger partial charge in [-0.2, -0.15) is 0 Å². The second-order valence-electron chi connectivity index (χ2n) is 6.07. The molecule has 1 atom stereocenters. The second-order valence-corrected chi connectivity index (χ2v) is 6.99. The Bertz CT molecular complexity index is 668. The van der Waals surface area contributed by atoms with Crippen LogP contribution in [0, 0.1) is 0 Å². The van der Waals surface area contributed by atoms with Crippen molar-refractivity contribution in [2.75, 3.05) is 32.7 Å². The van der Waals surface area contributed by atoms with E-state index in [0.717, 1.165) is 30.7 Å². The Hall–Kier alpha value is -1.69. The normalized spacial score (nSPS) is 17.5. The number of benzene rings is 2. The average Bonchev–Trinajstić information content (AvgIpc) is 2.59. The lowest BCUT2D eigenvalue weighted by Gasteiger charge is -2.39. The number of carboxylic acids is 1. The molecule has 0 amide bonds. The zero-order valence-electron chi connectivity index (χ0n) is 13.4. The summed E-state index contributed by atoms with van der Waals surface area (Å²) in [6, 6.07) is 19.2. The molecule has 0 bridgehead atoms. The summed E-state index contributed by atoms with van der Waals surface area (Å²) >= 11 is 3.50. The summed E-state index contributed by atoms with van der Waals surface area (Å²) in [6.45, 7) is 3.42. The number of piperazine rings is 1. The van der Waals surface area contributed by atoms with Crippen molar-refractivity contribution < 1.29 is 9.90 Å². The average molecular weight is 389 g/mol. The first-order valence-electron chi connectivity index (χ1n) is 8.12. The fraction of sp³-hybridized carbons (Fsp3) is 0.316. The molecule has 0 spiro atoms. The van der Waals surface area contributed by atoms with E-state index >= 15 is 0 Å². The van der Waals surface area contributed by atoms with Gasteiger partial charge < -0.3 is 5.11 Å². The maximum absolute atomic E-state index is 10.9. The van der Waals surface area contributed by atoms with E-state index in [0.29, 0.717) is 0 Å². The van der Waals surface area contributed by atoms with Gasteiger partial charge >= 0.3 is 5.97 Å². The molecule has 0 radical (unpaired) electrons. The Kier molecular flexibility index (Phi) is 5.66. The third kappa shape index (κ3) is 4.23. The van der Waals surface area contributed by atoms with Crippen molar-refractivity contribution in [1.29, 1.82) is 0 Å². The molecule has 1 N–H and O–H groups in total. The van der Waals surface area contributed by atoms with Crippen molar-refractivity contribution in [1.82, 2.24) is 9.80 Å². The highest BCUT2D eigenvalue weighted by molar-refractivity contribution is 9.10. The first-order chi connectivity index (χ1) is 11.6. The molecule has 24 heavy (non-hydrogen) atoms. The molecule has 1 heterocycles. The molecule has 3 rings (SSSR count). The van der Waals surface area contributed by atoms with Gasteiger partial charge in [0.15, 0.2) is 0 Å². The molecule has 1 saturated heterocycles. The van der Waals surface area contributed by atoms with Gasteiger partial charge in [-0.15, -0.1) is 0 Å². The molecule has 1 aliphatic heterocycles. The van der Waals surface area contributed by atoms with Gasteiger partial charge in [0.2, 0.25) is 0 Å². The smallest absolute Gasteiger partial charge is 0.317 e. The Labute approximate surface area is 150 Å². The molecular weight excluding hydrogens is 368 g/mol. The topological polar surface area (TPSA) is 43.8 Å². The zero-order chi connectivity index (χ0) is 16.9. The third-order valence-electron chi connectivity index (χ3n) is 4.43. The van der Waals surface area contributed by atoms with Crippen LogP contribution in [0.3, 0.4) is 0 Å². The van der Waals surface area contributed by atoms with Crippen LogP contribution < -0.4 is 0 Å². The van der Waals surface area contributed by atoms with Crippen LogP contribution >= 0.6 is 15.9 Å². The number of nitrogens with zero attached hydrogens (tertiary/aromatic N) is 2. The lowest BCUT2D eigenvalue weighted by atomic mass is 9.96. The number of hydrogen-bond donors (Lipinski definition) is 1. The Balaban J connectivity index is 1.81. The van der Waals surface area contributed by atoms with Crippen LogP contribution in [0.2, 0.25) is 0 Å². The van der Waals surface area contributed by atoms with Crippen LogP contribution in [-0.4, -0.2) is 53.6 Å². The van der Waals surface area contributed by atoms with Crippen LogP contribution in [0.15, 0.2) is 59.1 Å². The van der Waals surface area contributed by atoms with E-state index in [1.165, 1.54) is 11.1 Å². The number of carbonyl (C=O) groups is 1. The van der Waals surface area contributed by atoms with Gasteiger partial charge in [-0.1, -0.05) is 58.4 Å². The first kappa shape index (κ1) is 17.1. The highest BCUT2D eigenvalue weighted by Crippen LogP contribution is 2.30. The van der Waals surface area contributed by atoms with Crippen molar-refractivity contribution in [3.63, 3.8) is 0 Å². The van der Waals surface area contributed by atoms with Crippen molar-refractivity contribution in [2.24, 2.45) is 0 Å². The minimum Gasteiger partial charge on any atom is -0.480 e. The summed E-state index contributed by atoms with van der Waals surface area (Å²) in [5.74, 6) is -0.754. The molecule has 0 aliphatic carbocycles. The number of rotatable bonds is 5. The van der Waals surface area contributed by atoms with Crippen LogP contribution in [0.25, 0.3) is 0 Å². The quantitative estimate of drug-likeness (QED) is 0.853. The van der Waals surface area contributed by atoms with Gasteiger partial charge in [0.05, 0.1) is 12.6 Å². The predicted octanol–water partition coefficient (Wildman–Crippen LogP) is 3.24. The Morgan fingerprint density at radius 3 is 2.12 bits per heavy atom. The van der Waals surface area contributed by atoms with E-state index in [-0.39, 0.29) is 12.6 Å². The van der Waals surface area contributed by atoms with Crippen LogP contribution in [0.1, 0.15) is 17.2 Å². The molecule has 1 aliphatic rings. The van der Waals surface area contributed by atoms with Crippen LogP contribution in [0.5, 0.6) is 0 Å². The summed E-state index contributed by atoms with van der Waals surface area (Å²) in [4.78, 5) is 15.3. The molecule has 126 valence electrons. The van der Waals surface area contributed by atoms with E-state index < -0.39 is 5.97 Å². The second kappa shape index (κ2) is 7.92. The van der Waals surface area contributed by atoms with Gasteiger partial charge in [-0.25, -0.2) is 0 Å². The fourth-order valence-corrected chi connectivity index (χ4v) is 3.53. The highest BCUT2D eigenvalue weighted by atomic mass is 79.9. The number of hydrogen-bond acceptors (Lipinski definition) is 3. The van der Waals surface area contributed by atoms with E-state index in [2.05, 4.69) is 69.4 Å². The zero-order valence-corrected chi connectivity index (χ0v) is 15.0. The maximum Gasteiger partial charge on any atom is 0.317 e. The fourth-order valence-electron chi connectivity index (χ4n) is 3.27. The minimum atomic E-state index is -0.754. The summed E-state index contributed by atoms with van der Waals surface area (Å²) in [5, 5.41) is 8.96. The Morgan fingerprint density at radius 2 is 1.54 bits per heavy atom. The van der Waals surface area contributed by atoms with E-state index in [1.807, 2.05) is 11.0 Å². The van der Waals surface area contributed by atoms with Crippen molar-refractivity contribution in [3.8, 4) is 0 Å². The van der Waals surface area contributed by atoms with Crippen molar-refractivity contribution in [2.45, 2.75) is 6.04 Å². The lowest BCUT2D eigenvalue weighted by Crippen LogP contribution is -2.49. The van der Waals surface area contributed by atoms with E-state index in [1.54, 1.807) is 0 Å². The lowest BCUT2D eigenvalue weighted by molar-refractivity contribution is -0.138. The van der Waals surface area contributed by atoms with Crippen LogP contribution in [-0.2, 0) is 4.79 Å². The Morgan fingerprint density at radius 1 is 0.958 bits per heavy atom. The molecule has 2 aromatic rings. The predicted molar refractivity (Wildman–Crippen MR) is 98.1 cm³/mol. The van der Waals surface area contributed by atoms with Gasteiger partial charge in [0, 0.05) is 30.7 Å². The summed E-state index contributed by atoms with van der Waals surface area (Å²) in [5.41, 5.74) is 2.53. The van der Waals surface area contributed by atoms with Gasteiger partial charge in [0.25, 0.3) is 0 Å². The first-order valence-corrected chi connectivity index (χ1v) is 8.91. The SMILES string of the molecule is O=C(O)CN1CCN([C@@H](c2ccccc2)c2ccc(Br)cc2)CC1. The van der Waals surface area contributed by atoms with E-state index in [9.17, 15) is 4.79 Å². The van der Waals surface area contributed by atoms with Gasteiger partial charge in [-0.3, -0.25) is 14.6 Å². The largest absolute Gasteiger partial charge is 0.480 e. The number of halogens is 1. The molecule has 2 aromatic carbocycles. The molecular formula is C19H21BrN2O2. The molecule has 0 unspecified atom stereocenters. The number of aliphatic carboxylic acids is 1. The molecule has 4 nitrogen and oxygen atoms in total. The van der Waals surface area contributed by atoms with Crippen molar-refractivity contribution in [3.05, 3.63) is 70.2 Å². The standard InChI is InChI=1S/C19H21BrN2O2/c20-17-8-6-16(7-9-17)19(15-4-2-1-3-5-15)22-12-10-21(11-13-22)14-18(23)24/h1-9,19H,10-14H2,(H,23,24)/t19-/m0/s1. The summed E-state index contributed by atoms with van der Waals surface area (Å²) < 4.78 is 1.07. The summed E-state index contributed by atoms with van der Waals surface area (Å²) in [6.07, 6.45) is 0. The van der Waals surface area contributed by atoms with E-state index in [4.69, 9.17) is 5.11 Å². The molecule has 0 aromatic heterocycles. The monoisotopic (exact) mass is 388 g/mol. The molecule has 1 fully saturated rings. The maximum atomic E-state index is 10.9. The van der Waals surface area contributed by atoms with Gasteiger partial charge in [-0.05, 0) is 23.3 Å². The minimum absolute atomic E-state index is 0.127. The molecule has 5 heteroatoms. The highest BCUT2D eigenvalue weighted by Gasteiger charge is 2.26. The number of carboxylic acid groups (broad SMARTS) is 1. The third-order valence-corrected chi connectivity index (χ3v) is 4.96. The summed E-state index contributed by atoms with van der Waals surface area (Å²) in [7, 11) is 0. The molecule has 0 saturated carbocycles.